The minimum absolute atomic E-state index is 0.733. The Morgan fingerprint density at radius 2 is 2.17 bits per heavy atom. The summed E-state index contributed by atoms with van der Waals surface area (Å²) in [5.41, 5.74) is 0. The van der Waals surface area contributed by atoms with Gasteiger partial charge in [-0.15, -0.1) is 4.09 Å². The SMILES string of the molecule is CCN=C=[N+](Cl)CCCN(C)C. The van der Waals surface area contributed by atoms with Crippen molar-refractivity contribution in [2.75, 3.05) is 33.7 Å². The van der Waals surface area contributed by atoms with Gasteiger partial charge in [-0.05, 0) is 32.4 Å². The second kappa shape index (κ2) is 7.29. The lowest BCUT2D eigenvalue weighted by atomic mass is 10.4. The first-order chi connectivity index (χ1) is 5.66. The monoisotopic (exact) mass is 190 g/mol. The summed E-state index contributed by atoms with van der Waals surface area (Å²) in [4.78, 5) is 6.03. The van der Waals surface area contributed by atoms with Crippen LogP contribution in [0.5, 0.6) is 0 Å². The molecule has 0 aliphatic carbocycles. The normalized spacial score (nSPS) is 9.75. The van der Waals surface area contributed by atoms with Crippen LogP contribution in [0.3, 0.4) is 0 Å². The molecule has 0 bridgehead atoms. The zero-order valence-corrected chi connectivity index (χ0v) is 8.80. The molecule has 0 aromatic heterocycles. The van der Waals surface area contributed by atoms with E-state index >= 15 is 0 Å². The zero-order valence-electron chi connectivity index (χ0n) is 8.05. The molecule has 0 aliphatic rings. The maximum atomic E-state index is 5.75. The maximum absolute atomic E-state index is 5.75. The van der Waals surface area contributed by atoms with Gasteiger partial charge in [0.05, 0.1) is 0 Å². The first-order valence-electron chi connectivity index (χ1n) is 4.17. The van der Waals surface area contributed by atoms with Crippen molar-refractivity contribution < 1.29 is 4.09 Å². The quantitative estimate of drug-likeness (QED) is 0.472. The molecule has 70 valence electrons. The first kappa shape index (κ1) is 11.6. The van der Waals surface area contributed by atoms with E-state index in [1.165, 1.54) is 4.09 Å². The van der Waals surface area contributed by atoms with Crippen LogP contribution in [0.15, 0.2) is 4.99 Å². The molecule has 0 aromatic rings. The second-order valence-corrected chi connectivity index (χ2v) is 3.23. The van der Waals surface area contributed by atoms with E-state index in [0.717, 1.165) is 26.1 Å². The third-order valence-corrected chi connectivity index (χ3v) is 1.54. The summed E-state index contributed by atoms with van der Waals surface area (Å²) in [5, 5.41) is 0. The Morgan fingerprint density at radius 1 is 1.50 bits per heavy atom. The Balaban J connectivity index is 3.57. The van der Waals surface area contributed by atoms with Crippen molar-refractivity contribution in [1.82, 2.24) is 4.90 Å². The summed E-state index contributed by atoms with van der Waals surface area (Å²) in [7, 11) is 4.09. The van der Waals surface area contributed by atoms with Crippen molar-refractivity contribution in [2.45, 2.75) is 13.3 Å². The molecule has 0 spiro atoms. The van der Waals surface area contributed by atoms with Gasteiger partial charge in [-0.3, -0.25) is 0 Å². The van der Waals surface area contributed by atoms with Gasteiger partial charge in [-0.25, -0.2) is 0 Å². The van der Waals surface area contributed by atoms with Crippen molar-refractivity contribution in [1.29, 1.82) is 0 Å². The highest BCUT2D eigenvalue weighted by Crippen LogP contribution is 1.87. The fourth-order valence-electron chi connectivity index (χ4n) is 0.723. The van der Waals surface area contributed by atoms with Crippen LogP contribution < -0.4 is 0 Å². The summed E-state index contributed by atoms with van der Waals surface area (Å²) in [6.45, 7) is 4.52. The molecular weight excluding hydrogens is 174 g/mol. The van der Waals surface area contributed by atoms with E-state index in [4.69, 9.17) is 11.8 Å². The van der Waals surface area contributed by atoms with Crippen LogP contribution in [0.1, 0.15) is 13.3 Å². The third kappa shape index (κ3) is 7.73. The summed E-state index contributed by atoms with van der Waals surface area (Å²) in [6, 6.07) is 2.71. The molecule has 0 saturated heterocycles. The van der Waals surface area contributed by atoms with Crippen LogP contribution in [0.25, 0.3) is 0 Å². The summed E-state index contributed by atoms with van der Waals surface area (Å²) >= 11 is 5.75. The molecule has 4 heteroatoms. The molecule has 0 fully saturated rings. The number of hydrogen-bond acceptors (Lipinski definition) is 2. The van der Waals surface area contributed by atoms with E-state index < -0.39 is 0 Å². The summed E-state index contributed by atoms with van der Waals surface area (Å²) in [6.07, 6.45) is 1.03. The van der Waals surface area contributed by atoms with Crippen LogP contribution >= 0.6 is 11.8 Å². The Morgan fingerprint density at radius 3 is 2.67 bits per heavy atom. The molecular formula is C8H17ClN3+. The lowest BCUT2D eigenvalue weighted by Crippen LogP contribution is -2.16. The summed E-state index contributed by atoms with van der Waals surface area (Å²) in [5.74, 6) is 0. The van der Waals surface area contributed by atoms with Crippen LogP contribution in [0.2, 0.25) is 0 Å². The largest absolute Gasteiger partial charge is 0.325 e. The number of rotatable bonds is 5. The molecule has 0 atom stereocenters. The Kier molecular flexibility index (Phi) is 7.06. The van der Waals surface area contributed by atoms with Gasteiger partial charge in [0.15, 0.2) is 0 Å². The molecule has 3 nitrogen and oxygen atoms in total. The molecule has 0 aromatic carbocycles. The molecule has 0 amide bonds. The van der Waals surface area contributed by atoms with E-state index in [-0.39, 0.29) is 0 Å². The lowest BCUT2D eigenvalue weighted by Gasteiger charge is -2.06. The highest BCUT2D eigenvalue weighted by atomic mass is 35.5. The maximum Gasteiger partial charge on any atom is 0.325 e. The molecule has 0 saturated carbocycles. The topological polar surface area (TPSA) is 18.6 Å². The van der Waals surface area contributed by atoms with E-state index in [2.05, 4.69) is 15.9 Å². The zero-order chi connectivity index (χ0) is 9.40. The van der Waals surface area contributed by atoms with Crippen LogP contribution in [0, 0.1) is 0 Å². The molecule has 0 aliphatic heterocycles. The Hall–Kier alpha value is -0.370. The number of halogens is 1. The van der Waals surface area contributed by atoms with Gasteiger partial charge in [0, 0.05) is 6.54 Å². The van der Waals surface area contributed by atoms with Gasteiger partial charge in [0.25, 0.3) is 0 Å². The van der Waals surface area contributed by atoms with Gasteiger partial charge in [-0.1, -0.05) is 0 Å². The Bertz CT molecular complexity index is 171. The van der Waals surface area contributed by atoms with Crippen molar-refractivity contribution in [3.05, 3.63) is 0 Å². The van der Waals surface area contributed by atoms with Crippen molar-refractivity contribution in [3.63, 3.8) is 0 Å². The highest BCUT2D eigenvalue weighted by molar-refractivity contribution is 6.06. The third-order valence-electron chi connectivity index (χ3n) is 1.30. The molecule has 0 N–H and O–H groups in total. The number of aliphatic imine (C=N–C) groups is 1. The average Bonchev–Trinajstić information content (AvgIpc) is 2.00. The summed E-state index contributed by atoms with van der Waals surface area (Å²) < 4.78 is 1.48. The fourth-order valence-corrected chi connectivity index (χ4v) is 0.896. The molecule has 0 rings (SSSR count). The van der Waals surface area contributed by atoms with Crippen LogP contribution in [-0.4, -0.2) is 48.7 Å². The smallest absolute Gasteiger partial charge is 0.309 e. The highest BCUT2D eigenvalue weighted by Gasteiger charge is 1.96. The average molecular weight is 191 g/mol. The fraction of sp³-hybridized carbons (Fsp3) is 0.875. The van der Waals surface area contributed by atoms with Crippen molar-refractivity contribution in [2.24, 2.45) is 4.99 Å². The van der Waals surface area contributed by atoms with Gasteiger partial charge in [-0.2, -0.15) is 0 Å². The number of nitrogens with zero attached hydrogens (tertiary/aromatic N) is 3. The van der Waals surface area contributed by atoms with E-state index in [0.29, 0.717) is 0 Å². The minimum Gasteiger partial charge on any atom is -0.309 e. The van der Waals surface area contributed by atoms with Gasteiger partial charge in [0.1, 0.15) is 24.9 Å². The van der Waals surface area contributed by atoms with E-state index in [1.54, 1.807) is 0 Å². The lowest BCUT2D eigenvalue weighted by molar-refractivity contribution is -0.365. The van der Waals surface area contributed by atoms with Gasteiger partial charge >= 0.3 is 6.01 Å². The van der Waals surface area contributed by atoms with Gasteiger partial charge < -0.3 is 4.90 Å². The van der Waals surface area contributed by atoms with Crippen LogP contribution in [-0.2, 0) is 0 Å². The van der Waals surface area contributed by atoms with Crippen molar-refractivity contribution in [3.8, 4) is 0 Å². The predicted octanol–water partition coefficient (Wildman–Crippen LogP) is 1.30. The van der Waals surface area contributed by atoms with E-state index in [1.807, 2.05) is 21.0 Å². The first-order valence-corrected chi connectivity index (χ1v) is 4.50. The van der Waals surface area contributed by atoms with Gasteiger partial charge in [0.2, 0.25) is 0 Å². The van der Waals surface area contributed by atoms with Crippen molar-refractivity contribution >= 4 is 17.8 Å². The second-order valence-electron chi connectivity index (χ2n) is 2.82. The number of hydrogen-bond donors (Lipinski definition) is 0. The van der Waals surface area contributed by atoms with Crippen LogP contribution in [0.4, 0.5) is 0 Å². The predicted molar refractivity (Wildman–Crippen MR) is 52.1 cm³/mol. The Labute approximate surface area is 79.5 Å². The molecule has 0 unspecified atom stereocenters. The molecule has 0 radical (unpaired) electrons. The standard InChI is InChI=1S/C8H17ClN3/c1-4-10-8-12(9)7-5-6-11(2)3/h4-7H2,1-3H3/q+1. The molecule has 12 heavy (non-hydrogen) atoms. The minimum atomic E-state index is 0.733. The van der Waals surface area contributed by atoms with E-state index in [9.17, 15) is 0 Å². The molecule has 0 heterocycles.